The Kier molecular flexibility index (Phi) is 2.35. The summed E-state index contributed by atoms with van der Waals surface area (Å²) >= 11 is 5.85. The zero-order valence-corrected chi connectivity index (χ0v) is 7.57. The van der Waals surface area contributed by atoms with Crippen LogP contribution in [0.5, 0.6) is 0 Å². The van der Waals surface area contributed by atoms with Gasteiger partial charge in [0.15, 0.2) is 0 Å². The molecule has 1 rings (SSSR count). The third-order valence-electron chi connectivity index (χ3n) is 1.89. The van der Waals surface area contributed by atoms with Crippen LogP contribution in [-0.4, -0.2) is 0 Å². The van der Waals surface area contributed by atoms with E-state index in [1.165, 1.54) is 11.1 Å². The summed E-state index contributed by atoms with van der Waals surface area (Å²) in [5.74, 6) is 0. The van der Waals surface area contributed by atoms with Crippen molar-refractivity contribution in [2.45, 2.75) is 13.8 Å². The van der Waals surface area contributed by atoms with Gasteiger partial charge in [-0.05, 0) is 42.7 Å². The summed E-state index contributed by atoms with van der Waals surface area (Å²) in [7, 11) is 0. The normalized spacial score (nSPS) is 9.73. The van der Waals surface area contributed by atoms with E-state index in [9.17, 15) is 0 Å². The molecule has 0 saturated carbocycles. The van der Waals surface area contributed by atoms with E-state index >= 15 is 0 Å². The Bertz CT molecular complexity index is 287. The predicted octanol–water partition coefficient (Wildman–Crippen LogP) is 3.60. The fourth-order valence-corrected chi connectivity index (χ4v) is 1.33. The van der Waals surface area contributed by atoms with Crippen LogP contribution in [0.15, 0.2) is 18.7 Å². The van der Waals surface area contributed by atoms with E-state index in [2.05, 4.69) is 13.5 Å². The van der Waals surface area contributed by atoms with Crippen molar-refractivity contribution in [1.82, 2.24) is 0 Å². The van der Waals surface area contributed by atoms with Crippen molar-refractivity contribution in [2.24, 2.45) is 0 Å². The summed E-state index contributed by atoms with van der Waals surface area (Å²) in [6.07, 6.45) is 1.83. The maximum absolute atomic E-state index is 5.85. The minimum atomic E-state index is 0.781. The van der Waals surface area contributed by atoms with E-state index in [1.807, 2.05) is 25.1 Å². The van der Waals surface area contributed by atoms with Crippen LogP contribution in [0.1, 0.15) is 16.7 Å². The first-order chi connectivity index (χ1) is 5.15. The SMILES string of the molecule is C=Cc1cc(Cl)cc(C)c1C. The van der Waals surface area contributed by atoms with Gasteiger partial charge in [-0.3, -0.25) is 0 Å². The van der Waals surface area contributed by atoms with Gasteiger partial charge in [-0.25, -0.2) is 0 Å². The number of hydrogen-bond donors (Lipinski definition) is 0. The monoisotopic (exact) mass is 166 g/mol. The predicted molar refractivity (Wildman–Crippen MR) is 51.0 cm³/mol. The van der Waals surface area contributed by atoms with Crippen LogP contribution in [0.3, 0.4) is 0 Å². The molecule has 0 aliphatic heterocycles. The lowest BCUT2D eigenvalue weighted by atomic mass is 10.0. The van der Waals surface area contributed by atoms with Crippen molar-refractivity contribution in [3.05, 3.63) is 40.4 Å². The highest BCUT2D eigenvalue weighted by molar-refractivity contribution is 6.30. The molecule has 0 aliphatic carbocycles. The van der Waals surface area contributed by atoms with Gasteiger partial charge in [0, 0.05) is 5.02 Å². The topological polar surface area (TPSA) is 0 Å². The van der Waals surface area contributed by atoms with E-state index in [1.54, 1.807) is 0 Å². The third kappa shape index (κ3) is 1.63. The van der Waals surface area contributed by atoms with E-state index in [4.69, 9.17) is 11.6 Å². The maximum Gasteiger partial charge on any atom is 0.0414 e. The largest absolute Gasteiger partial charge is 0.0985 e. The Morgan fingerprint density at radius 1 is 1.36 bits per heavy atom. The number of rotatable bonds is 1. The molecule has 0 heterocycles. The van der Waals surface area contributed by atoms with E-state index in [-0.39, 0.29) is 0 Å². The Balaban J connectivity index is 3.35. The highest BCUT2D eigenvalue weighted by Crippen LogP contribution is 2.20. The van der Waals surface area contributed by atoms with Crippen molar-refractivity contribution >= 4 is 17.7 Å². The smallest absolute Gasteiger partial charge is 0.0414 e. The molecular weight excluding hydrogens is 156 g/mol. The van der Waals surface area contributed by atoms with Crippen molar-refractivity contribution in [2.75, 3.05) is 0 Å². The standard InChI is InChI=1S/C10H11Cl/c1-4-9-6-10(11)5-7(2)8(9)3/h4-6H,1H2,2-3H3. The first-order valence-corrected chi connectivity index (χ1v) is 3.92. The van der Waals surface area contributed by atoms with Crippen LogP contribution in [0.25, 0.3) is 6.08 Å². The van der Waals surface area contributed by atoms with Gasteiger partial charge in [0.05, 0.1) is 0 Å². The summed E-state index contributed by atoms with van der Waals surface area (Å²) in [5, 5.41) is 0.781. The van der Waals surface area contributed by atoms with Crippen LogP contribution in [0.4, 0.5) is 0 Å². The van der Waals surface area contributed by atoms with Gasteiger partial charge < -0.3 is 0 Å². The molecule has 0 spiro atoms. The average molecular weight is 167 g/mol. The zero-order valence-electron chi connectivity index (χ0n) is 6.82. The Morgan fingerprint density at radius 3 is 2.55 bits per heavy atom. The quantitative estimate of drug-likeness (QED) is 0.598. The van der Waals surface area contributed by atoms with Crippen LogP contribution in [0, 0.1) is 13.8 Å². The Hall–Kier alpha value is -0.750. The van der Waals surface area contributed by atoms with Gasteiger partial charge in [0.1, 0.15) is 0 Å². The number of halogens is 1. The second kappa shape index (κ2) is 3.10. The van der Waals surface area contributed by atoms with Crippen LogP contribution in [-0.2, 0) is 0 Å². The molecule has 1 heteroatoms. The van der Waals surface area contributed by atoms with Gasteiger partial charge in [-0.15, -0.1) is 0 Å². The van der Waals surface area contributed by atoms with Crippen molar-refractivity contribution in [3.8, 4) is 0 Å². The first-order valence-electron chi connectivity index (χ1n) is 3.54. The molecule has 0 fully saturated rings. The van der Waals surface area contributed by atoms with E-state index in [0.29, 0.717) is 0 Å². The molecule has 0 radical (unpaired) electrons. The molecule has 11 heavy (non-hydrogen) atoms. The summed E-state index contributed by atoms with van der Waals surface area (Å²) in [4.78, 5) is 0. The van der Waals surface area contributed by atoms with Crippen LogP contribution >= 0.6 is 11.6 Å². The maximum atomic E-state index is 5.85. The summed E-state index contributed by atoms with van der Waals surface area (Å²) in [6, 6.07) is 3.89. The van der Waals surface area contributed by atoms with Gasteiger partial charge >= 0.3 is 0 Å². The number of benzene rings is 1. The minimum Gasteiger partial charge on any atom is -0.0985 e. The van der Waals surface area contributed by atoms with Gasteiger partial charge in [-0.2, -0.15) is 0 Å². The molecule has 0 atom stereocenters. The molecule has 0 bridgehead atoms. The highest BCUT2D eigenvalue weighted by Gasteiger charge is 1.98. The molecule has 1 aromatic rings. The number of aryl methyl sites for hydroxylation is 1. The molecule has 0 N–H and O–H groups in total. The van der Waals surface area contributed by atoms with Crippen molar-refractivity contribution in [3.63, 3.8) is 0 Å². The van der Waals surface area contributed by atoms with Crippen LogP contribution in [0.2, 0.25) is 5.02 Å². The van der Waals surface area contributed by atoms with Gasteiger partial charge in [0.2, 0.25) is 0 Å². The lowest BCUT2D eigenvalue weighted by Gasteiger charge is -2.04. The molecule has 0 saturated heterocycles. The highest BCUT2D eigenvalue weighted by atomic mass is 35.5. The molecular formula is C10H11Cl. The summed E-state index contributed by atoms with van der Waals surface area (Å²) in [5.41, 5.74) is 3.59. The van der Waals surface area contributed by atoms with E-state index in [0.717, 1.165) is 10.6 Å². The first kappa shape index (κ1) is 8.35. The lowest BCUT2D eigenvalue weighted by molar-refractivity contribution is 1.33. The molecule has 0 amide bonds. The average Bonchev–Trinajstić information content (AvgIpc) is 1.96. The second-order valence-corrected chi connectivity index (χ2v) is 3.08. The fourth-order valence-electron chi connectivity index (χ4n) is 1.05. The summed E-state index contributed by atoms with van der Waals surface area (Å²) in [6.45, 7) is 7.84. The molecule has 0 unspecified atom stereocenters. The molecule has 0 nitrogen and oxygen atoms in total. The molecule has 0 aliphatic rings. The number of hydrogen-bond acceptors (Lipinski definition) is 0. The summed E-state index contributed by atoms with van der Waals surface area (Å²) < 4.78 is 0. The van der Waals surface area contributed by atoms with Crippen molar-refractivity contribution in [1.29, 1.82) is 0 Å². The molecule has 58 valence electrons. The lowest BCUT2D eigenvalue weighted by Crippen LogP contribution is -1.85. The zero-order chi connectivity index (χ0) is 8.43. The fraction of sp³-hybridized carbons (Fsp3) is 0.200. The van der Waals surface area contributed by atoms with Crippen molar-refractivity contribution < 1.29 is 0 Å². The molecule has 0 aromatic heterocycles. The van der Waals surface area contributed by atoms with Gasteiger partial charge in [-0.1, -0.05) is 24.3 Å². The van der Waals surface area contributed by atoms with Gasteiger partial charge in [0.25, 0.3) is 0 Å². The molecule has 1 aromatic carbocycles. The third-order valence-corrected chi connectivity index (χ3v) is 2.11. The second-order valence-electron chi connectivity index (χ2n) is 2.64. The van der Waals surface area contributed by atoms with E-state index < -0.39 is 0 Å². The Morgan fingerprint density at radius 2 is 2.00 bits per heavy atom. The minimum absolute atomic E-state index is 0.781. The van der Waals surface area contributed by atoms with Crippen LogP contribution < -0.4 is 0 Å². The Labute approximate surface area is 72.5 Å².